The molecule has 112 valence electrons. The van der Waals surface area contributed by atoms with Crippen LogP contribution in [0.2, 0.25) is 0 Å². The topological polar surface area (TPSA) is 37.8 Å². The predicted octanol–water partition coefficient (Wildman–Crippen LogP) is 5.64. The lowest BCUT2D eigenvalue weighted by Gasteiger charge is -2.09. The van der Waals surface area contributed by atoms with Gasteiger partial charge < -0.3 is 5.32 Å². The standard InChI is InChI=1S/C15H11BrFN3S2/c1-9-8-21-15(19-9)20-14-13(6-10(16)7-18-14)22-12-4-2-11(17)3-5-12/h2-8H,1H3,(H,18,19,20). The van der Waals surface area contributed by atoms with Crippen molar-refractivity contribution in [3.63, 3.8) is 0 Å². The Bertz CT molecular complexity index is 790. The maximum atomic E-state index is 13.0. The molecular weight excluding hydrogens is 385 g/mol. The van der Waals surface area contributed by atoms with E-state index >= 15 is 0 Å². The Morgan fingerprint density at radius 1 is 1.27 bits per heavy atom. The van der Waals surface area contributed by atoms with Gasteiger partial charge in [-0.05, 0) is 53.2 Å². The molecule has 0 aliphatic carbocycles. The number of aryl methyl sites for hydroxylation is 1. The lowest BCUT2D eigenvalue weighted by Crippen LogP contribution is -1.95. The van der Waals surface area contributed by atoms with Gasteiger partial charge in [-0.25, -0.2) is 14.4 Å². The molecule has 0 unspecified atom stereocenters. The highest BCUT2D eigenvalue weighted by molar-refractivity contribution is 9.10. The van der Waals surface area contributed by atoms with Crippen molar-refractivity contribution in [3.8, 4) is 0 Å². The van der Waals surface area contributed by atoms with E-state index in [2.05, 4.69) is 31.2 Å². The van der Waals surface area contributed by atoms with Crippen LogP contribution >= 0.6 is 39.0 Å². The van der Waals surface area contributed by atoms with Gasteiger partial charge in [0.1, 0.15) is 11.6 Å². The van der Waals surface area contributed by atoms with Crippen molar-refractivity contribution in [1.82, 2.24) is 9.97 Å². The van der Waals surface area contributed by atoms with Gasteiger partial charge in [0.15, 0.2) is 5.13 Å². The molecule has 2 heterocycles. The zero-order chi connectivity index (χ0) is 15.5. The van der Waals surface area contributed by atoms with E-state index in [9.17, 15) is 4.39 Å². The van der Waals surface area contributed by atoms with Gasteiger partial charge >= 0.3 is 0 Å². The summed E-state index contributed by atoms with van der Waals surface area (Å²) in [5.74, 6) is 0.486. The van der Waals surface area contributed by atoms with Gasteiger partial charge in [-0.1, -0.05) is 11.8 Å². The van der Waals surface area contributed by atoms with E-state index in [1.807, 2.05) is 18.4 Å². The lowest BCUT2D eigenvalue weighted by molar-refractivity contribution is 0.626. The SMILES string of the molecule is Cc1csc(Nc2ncc(Br)cc2Sc2ccc(F)cc2)n1. The Kier molecular flexibility index (Phi) is 4.75. The van der Waals surface area contributed by atoms with E-state index in [-0.39, 0.29) is 5.82 Å². The molecule has 1 aromatic carbocycles. The third kappa shape index (κ3) is 3.85. The summed E-state index contributed by atoms with van der Waals surface area (Å²) in [5, 5.41) is 6.01. The van der Waals surface area contributed by atoms with Gasteiger partial charge in [0.2, 0.25) is 0 Å². The smallest absolute Gasteiger partial charge is 0.188 e. The third-order valence-corrected chi connectivity index (χ3v) is 5.05. The molecule has 2 aromatic heterocycles. The molecule has 0 radical (unpaired) electrons. The van der Waals surface area contributed by atoms with Crippen LogP contribution < -0.4 is 5.32 Å². The minimum absolute atomic E-state index is 0.242. The average molecular weight is 396 g/mol. The van der Waals surface area contributed by atoms with Crippen LogP contribution in [-0.2, 0) is 0 Å². The van der Waals surface area contributed by atoms with Gasteiger partial charge in [-0.15, -0.1) is 11.3 Å². The van der Waals surface area contributed by atoms with Crippen LogP contribution in [0.1, 0.15) is 5.69 Å². The number of benzene rings is 1. The summed E-state index contributed by atoms with van der Waals surface area (Å²) in [6.45, 7) is 1.95. The van der Waals surface area contributed by atoms with Crippen molar-refractivity contribution in [2.45, 2.75) is 16.7 Å². The molecule has 0 spiro atoms. The van der Waals surface area contributed by atoms with Crippen molar-refractivity contribution < 1.29 is 4.39 Å². The number of anilines is 2. The van der Waals surface area contributed by atoms with Crippen molar-refractivity contribution >= 4 is 50.0 Å². The molecule has 0 aliphatic heterocycles. The molecule has 1 N–H and O–H groups in total. The Balaban J connectivity index is 1.88. The van der Waals surface area contributed by atoms with Crippen molar-refractivity contribution in [1.29, 1.82) is 0 Å². The summed E-state index contributed by atoms with van der Waals surface area (Å²) >= 11 is 6.49. The molecule has 3 aromatic rings. The summed E-state index contributed by atoms with van der Waals surface area (Å²) in [4.78, 5) is 10.7. The number of hydrogen-bond donors (Lipinski definition) is 1. The Morgan fingerprint density at radius 3 is 2.73 bits per heavy atom. The minimum Gasteiger partial charge on any atom is -0.315 e. The van der Waals surface area contributed by atoms with Crippen molar-refractivity contribution in [3.05, 3.63) is 57.9 Å². The van der Waals surface area contributed by atoms with Crippen LogP contribution in [0.25, 0.3) is 0 Å². The van der Waals surface area contributed by atoms with Crippen molar-refractivity contribution in [2.24, 2.45) is 0 Å². The van der Waals surface area contributed by atoms with Crippen molar-refractivity contribution in [2.75, 3.05) is 5.32 Å². The second kappa shape index (κ2) is 6.76. The largest absolute Gasteiger partial charge is 0.315 e. The van der Waals surface area contributed by atoms with E-state index in [1.165, 1.54) is 35.2 Å². The lowest BCUT2D eigenvalue weighted by atomic mass is 10.4. The van der Waals surface area contributed by atoms with E-state index in [1.54, 1.807) is 18.3 Å². The maximum Gasteiger partial charge on any atom is 0.188 e. The number of thiazole rings is 1. The average Bonchev–Trinajstić information content (AvgIpc) is 2.90. The molecule has 3 nitrogen and oxygen atoms in total. The van der Waals surface area contributed by atoms with Crippen LogP contribution in [0.4, 0.5) is 15.3 Å². The molecule has 0 atom stereocenters. The molecule has 0 fully saturated rings. The number of nitrogens with one attached hydrogen (secondary N) is 1. The zero-order valence-electron chi connectivity index (χ0n) is 11.5. The first-order valence-electron chi connectivity index (χ1n) is 6.38. The first-order valence-corrected chi connectivity index (χ1v) is 8.87. The van der Waals surface area contributed by atoms with Crippen LogP contribution in [0.3, 0.4) is 0 Å². The normalized spacial score (nSPS) is 10.7. The highest BCUT2D eigenvalue weighted by Crippen LogP contribution is 2.35. The molecular formula is C15H11BrFN3S2. The van der Waals surface area contributed by atoms with E-state index < -0.39 is 0 Å². The number of hydrogen-bond acceptors (Lipinski definition) is 5. The fraction of sp³-hybridized carbons (Fsp3) is 0.0667. The van der Waals surface area contributed by atoms with Crippen LogP contribution in [-0.4, -0.2) is 9.97 Å². The van der Waals surface area contributed by atoms with E-state index in [4.69, 9.17) is 0 Å². The van der Waals surface area contributed by atoms with Gasteiger partial charge in [0, 0.05) is 20.9 Å². The summed E-state index contributed by atoms with van der Waals surface area (Å²) in [6, 6.07) is 8.37. The summed E-state index contributed by atoms with van der Waals surface area (Å²) in [5.41, 5.74) is 0.970. The number of pyridine rings is 1. The fourth-order valence-corrected chi connectivity index (χ4v) is 3.82. The molecule has 3 rings (SSSR count). The number of rotatable bonds is 4. The minimum atomic E-state index is -0.242. The first-order chi connectivity index (χ1) is 10.6. The third-order valence-electron chi connectivity index (χ3n) is 2.71. The number of halogens is 2. The number of nitrogens with zero attached hydrogens (tertiary/aromatic N) is 2. The quantitative estimate of drug-likeness (QED) is 0.619. The summed E-state index contributed by atoms with van der Waals surface area (Å²) in [6.07, 6.45) is 1.73. The van der Waals surface area contributed by atoms with Gasteiger partial charge in [0.05, 0.1) is 10.6 Å². The predicted molar refractivity (Wildman–Crippen MR) is 92.6 cm³/mol. The van der Waals surface area contributed by atoms with E-state index in [0.717, 1.165) is 30.9 Å². The Labute approximate surface area is 144 Å². The summed E-state index contributed by atoms with van der Waals surface area (Å²) < 4.78 is 13.9. The second-order valence-corrected chi connectivity index (χ2v) is 7.36. The molecule has 0 amide bonds. The van der Waals surface area contributed by atoms with Crippen LogP contribution in [0.15, 0.2) is 56.2 Å². The maximum absolute atomic E-state index is 13.0. The highest BCUT2D eigenvalue weighted by Gasteiger charge is 2.09. The molecule has 0 aliphatic rings. The summed E-state index contributed by atoms with van der Waals surface area (Å²) in [7, 11) is 0. The Hall–Kier alpha value is -1.44. The molecule has 0 saturated heterocycles. The van der Waals surface area contributed by atoms with Gasteiger partial charge in [0.25, 0.3) is 0 Å². The monoisotopic (exact) mass is 395 g/mol. The molecule has 7 heteroatoms. The van der Waals surface area contributed by atoms with Crippen LogP contribution in [0, 0.1) is 12.7 Å². The van der Waals surface area contributed by atoms with E-state index in [0.29, 0.717) is 0 Å². The Morgan fingerprint density at radius 2 is 2.05 bits per heavy atom. The van der Waals surface area contributed by atoms with Gasteiger partial charge in [-0.3, -0.25) is 0 Å². The van der Waals surface area contributed by atoms with Gasteiger partial charge in [-0.2, -0.15) is 0 Å². The van der Waals surface area contributed by atoms with Crippen LogP contribution in [0.5, 0.6) is 0 Å². The second-order valence-electron chi connectivity index (χ2n) is 4.48. The number of aromatic nitrogens is 2. The fourth-order valence-electron chi connectivity index (χ4n) is 1.73. The highest BCUT2D eigenvalue weighted by atomic mass is 79.9. The zero-order valence-corrected chi connectivity index (χ0v) is 14.7. The first kappa shape index (κ1) is 15.5. The molecule has 0 saturated carbocycles. The molecule has 0 bridgehead atoms. The molecule has 22 heavy (non-hydrogen) atoms.